The number of hydrogen-bond acceptors (Lipinski definition) is 3. The Labute approximate surface area is 54.2 Å². The highest BCUT2D eigenvalue weighted by Crippen LogP contribution is 1.99. The lowest BCUT2D eigenvalue weighted by Crippen LogP contribution is -2.26. The molecule has 1 fully saturated rings. The summed E-state index contributed by atoms with van der Waals surface area (Å²) in [6, 6.07) is 0. The van der Waals surface area contributed by atoms with E-state index >= 15 is 0 Å². The van der Waals surface area contributed by atoms with Crippen LogP contribution < -0.4 is 5.84 Å². The number of hydrazine groups is 1. The van der Waals surface area contributed by atoms with E-state index in [9.17, 15) is 0 Å². The van der Waals surface area contributed by atoms with Gasteiger partial charge in [0.05, 0.1) is 0 Å². The predicted molar refractivity (Wildman–Crippen MR) is 33.7 cm³/mol. The van der Waals surface area contributed by atoms with E-state index in [2.05, 4.69) is 0 Å². The summed E-state index contributed by atoms with van der Waals surface area (Å²) in [5, 5.41) is 8.75. The minimum atomic E-state index is -0.250. The zero-order valence-electron chi connectivity index (χ0n) is 5.29. The summed E-state index contributed by atoms with van der Waals surface area (Å²) in [4.78, 5) is 8.36. The smallest absolute Gasteiger partial charge is 0.290 e. The number of carbonyl (C=O) groups is 1. The summed E-state index contributed by atoms with van der Waals surface area (Å²) < 4.78 is 0. The molecule has 0 spiro atoms. The first-order valence-corrected chi connectivity index (χ1v) is 2.88. The van der Waals surface area contributed by atoms with Gasteiger partial charge in [-0.15, -0.1) is 0 Å². The second-order valence-corrected chi connectivity index (χ2v) is 1.85. The van der Waals surface area contributed by atoms with Crippen molar-refractivity contribution >= 4 is 6.47 Å². The third kappa shape index (κ3) is 5.26. The lowest BCUT2D eigenvalue weighted by molar-refractivity contribution is -0.122. The monoisotopic (exact) mass is 132 g/mol. The van der Waals surface area contributed by atoms with Crippen molar-refractivity contribution < 1.29 is 9.90 Å². The highest BCUT2D eigenvalue weighted by atomic mass is 16.3. The van der Waals surface area contributed by atoms with Crippen LogP contribution >= 0.6 is 0 Å². The molecule has 1 aliphatic heterocycles. The van der Waals surface area contributed by atoms with Crippen LogP contribution in [0.25, 0.3) is 0 Å². The molecule has 4 heteroatoms. The molecular formula is C5H12N2O2. The molecule has 0 aromatic carbocycles. The van der Waals surface area contributed by atoms with Gasteiger partial charge < -0.3 is 5.11 Å². The van der Waals surface area contributed by atoms with Crippen molar-refractivity contribution in [2.45, 2.75) is 12.8 Å². The van der Waals surface area contributed by atoms with Crippen LogP contribution in [0.2, 0.25) is 0 Å². The van der Waals surface area contributed by atoms with Gasteiger partial charge in [0, 0.05) is 13.1 Å². The number of nitrogens with two attached hydrogens (primary N) is 1. The standard InChI is InChI=1S/C4H10N2.CH2O2/c5-6-3-1-2-4-6;2-1-3/h1-5H2;1H,(H,2,3). The number of rotatable bonds is 0. The Balaban J connectivity index is 0.000000187. The number of hydrogen-bond donors (Lipinski definition) is 2. The maximum atomic E-state index is 8.36. The second kappa shape index (κ2) is 5.53. The largest absolute Gasteiger partial charge is 0.483 e. The van der Waals surface area contributed by atoms with Gasteiger partial charge in [-0.1, -0.05) is 0 Å². The molecule has 0 atom stereocenters. The minimum absolute atomic E-state index is 0.250. The topological polar surface area (TPSA) is 66.6 Å². The quantitative estimate of drug-likeness (QED) is 0.349. The van der Waals surface area contributed by atoms with Crippen molar-refractivity contribution in [2.75, 3.05) is 13.1 Å². The van der Waals surface area contributed by atoms with Gasteiger partial charge in [0.15, 0.2) is 0 Å². The molecule has 1 rings (SSSR count). The zero-order chi connectivity index (χ0) is 7.11. The Morgan fingerprint density at radius 3 is 1.89 bits per heavy atom. The molecule has 0 bridgehead atoms. The first kappa shape index (κ1) is 8.39. The van der Waals surface area contributed by atoms with Crippen molar-refractivity contribution in [1.82, 2.24) is 5.01 Å². The number of carboxylic acid groups (broad SMARTS) is 1. The maximum Gasteiger partial charge on any atom is 0.290 e. The van der Waals surface area contributed by atoms with Crippen LogP contribution in [0, 0.1) is 0 Å². The lowest BCUT2D eigenvalue weighted by Gasteiger charge is -2.01. The van der Waals surface area contributed by atoms with Gasteiger partial charge in [0.25, 0.3) is 6.47 Å². The van der Waals surface area contributed by atoms with E-state index in [1.165, 1.54) is 12.8 Å². The molecule has 4 nitrogen and oxygen atoms in total. The molecule has 0 saturated carbocycles. The molecule has 0 aliphatic carbocycles. The lowest BCUT2D eigenvalue weighted by atomic mass is 10.4. The average Bonchev–Trinajstić information content (AvgIpc) is 2.20. The Hall–Kier alpha value is -0.610. The van der Waals surface area contributed by atoms with Gasteiger partial charge in [-0.2, -0.15) is 0 Å². The minimum Gasteiger partial charge on any atom is -0.483 e. The van der Waals surface area contributed by atoms with E-state index in [4.69, 9.17) is 15.7 Å². The summed E-state index contributed by atoms with van der Waals surface area (Å²) in [6.07, 6.45) is 2.58. The summed E-state index contributed by atoms with van der Waals surface area (Å²) >= 11 is 0. The Morgan fingerprint density at radius 1 is 1.44 bits per heavy atom. The molecule has 0 aromatic rings. The van der Waals surface area contributed by atoms with Crippen LogP contribution in [0.5, 0.6) is 0 Å². The molecule has 0 amide bonds. The van der Waals surface area contributed by atoms with E-state index in [1.807, 2.05) is 5.01 Å². The molecule has 54 valence electrons. The van der Waals surface area contributed by atoms with Crippen LogP contribution in [-0.4, -0.2) is 29.7 Å². The van der Waals surface area contributed by atoms with Crippen molar-refractivity contribution in [1.29, 1.82) is 0 Å². The second-order valence-electron chi connectivity index (χ2n) is 1.85. The first-order chi connectivity index (χ1) is 4.31. The van der Waals surface area contributed by atoms with E-state index in [1.54, 1.807) is 0 Å². The molecule has 0 unspecified atom stereocenters. The Bertz CT molecular complexity index is 71.4. The van der Waals surface area contributed by atoms with Crippen molar-refractivity contribution in [3.8, 4) is 0 Å². The fourth-order valence-electron chi connectivity index (χ4n) is 0.742. The number of nitrogens with zero attached hydrogens (tertiary/aromatic N) is 1. The average molecular weight is 132 g/mol. The summed E-state index contributed by atoms with van der Waals surface area (Å²) in [6.45, 7) is 1.94. The summed E-state index contributed by atoms with van der Waals surface area (Å²) in [5.41, 5.74) is 0. The summed E-state index contributed by atoms with van der Waals surface area (Å²) in [5.74, 6) is 5.37. The van der Waals surface area contributed by atoms with Gasteiger partial charge in [-0.25, -0.2) is 5.01 Å². The van der Waals surface area contributed by atoms with Crippen molar-refractivity contribution in [2.24, 2.45) is 5.84 Å². The van der Waals surface area contributed by atoms with E-state index in [0.29, 0.717) is 0 Å². The maximum absolute atomic E-state index is 8.36. The Kier molecular flexibility index (Phi) is 5.15. The third-order valence-electron chi connectivity index (χ3n) is 1.14. The molecule has 0 aromatic heterocycles. The molecule has 1 saturated heterocycles. The van der Waals surface area contributed by atoms with Gasteiger partial charge in [-0.05, 0) is 12.8 Å². The molecule has 1 heterocycles. The molecule has 3 N–H and O–H groups in total. The fraction of sp³-hybridized carbons (Fsp3) is 0.800. The Morgan fingerprint density at radius 2 is 1.78 bits per heavy atom. The van der Waals surface area contributed by atoms with Gasteiger partial charge in [0.1, 0.15) is 0 Å². The van der Waals surface area contributed by atoms with Crippen LogP contribution in [0.1, 0.15) is 12.8 Å². The van der Waals surface area contributed by atoms with Gasteiger partial charge in [0.2, 0.25) is 0 Å². The van der Waals surface area contributed by atoms with Crippen LogP contribution in [-0.2, 0) is 4.79 Å². The van der Waals surface area contributed by atoms with E-state index < -0.39 is 0 Å². The predicted octanol–water partition coefficient (Wildman–Crippen LogP) is -0.343. The molecule has 0 radical (unpaired) electrons. The highest BCUT2D eigenvalue weighted by Gasteiger charge is 2.03. The van der Waals surface area contributed by atoms with Crippen LogP contribution in [0.3, 0.4) is 0 Å². The van der Waals surface area contributed by atoms with Gasteiger partial charge in [-0.3, -0.25) is 10.6 Å². The van der Waals surface area contributed by atoms with Crippen LogP contribution in [0.4, 0.5) is 0 Å². The highest BCUT2D eigenvalue weighted by molar-refractivity contribution is 5.32. The SMILES string of the molecule is NN1CCCC1.O=CO. The first-order valence-electron chi connectivity index (χ1n) is 2.88. The van der Waals surface area contributed by atoms with E-state index in [-0.39, 0.29) is 6.47 Å². The normalized spacial score (nSPS) is 18.3. The van der Waals surface area contributed by atoms with Crippen molar-refractivity contribution in [3.05, 3.63) is 0 Å². The molecule has 1 aliphatic rings. The zero-order valence-corrected chi connectivity index (χ0v) is 5.29. The molecule has 9 heavy (non-hydrogen) atoms. The molecular weight excluding hydrogens is 120 g/mol. The van der Waals surface area contributed by atoms with Gasteiger partial charge >= 0.3 is 0 Å². The van der Waals surface area contributed by atoms with Crippen molar-refractivity contribution in [3.63, 3.8) is 0 Å². The summed E-state index contributed by atoms with van der Waals surface area (Å²) in [7, 11) is 0. The third-order valence-corrected chi connectivity index (χ3v) is 1.14. The van der Waals surface area contributed by atoms with E-state index in [0.717, 1.165) is 13.1 Å². The fourth-order valence-corrected chi connectivity index (χ4v) is 0.742. The van der Waals surface area contributed by atoms with Crippen LogP contribution in [0.15, 0.2) is 0 Å².